The first-order chi connectivity index (χ1) is 18.6. The van der Waals surface area contributed by atoms with Gasteiger partial charge in [-0.2, -0.15) is 4.98 Å². The minimum atomic E-state index is -2.72. The van der Waals surface area contributed by atoms with E-state index in [1.54, 1.807) is 0 Å². The number of fused-ring (bicyclic) bond motifs is 2. The van der Waals surface area contributed by atoms with Crippen LogP contribution in [0.3, 0.4) is 0 Å². The summed E-state index contributed by atoms with van der Waals surface area (Å²) < 4.78 is 79.0. The van der Waals surface area contributed by atoms with Crippen LogP contribution in [0, 0.1) is 18.6 Å². The molecule has 1 saturated heterocycles. The number of carbonyl (C=O) groups is 1. The summed E-state index contributed by atoms with van der Waals surface area (Å²) in [6, 6.07) is 1.63. The number of likely N-dealkylation sites (tertiary alicyclic amines) is 1. The van der Waals surface area contributed by atoms with E-state index in [0.717, 1.165) is 21.3 Å². The number of imidazole rings is 1. The second-order valence-electron chi connectivity index (χ2n) is 9.13. The second kappa shape index (κ2) is 10.3. The number of hydrogen-bond donors (Lipinski definition) is 2. The molecule has 0 saturated carbocycles. The van der Waals surface area contributed by atoms with Crippen LogP contribution >= 0.6 is 0 Å². The molecule has 0 unspecified atom stereocenters. The highest BCUT2D eigenvalue weighted by atomic mass is 19.3. The summed E-state index contributed by atoms with van der Waals surface area (Å²) in [5, 5.41) is 16.1. The molecule has 1 aliphatic heterocycles. The van der Waals surface area contributed by atoms with Gasteiger partial charge >= 0.3 is 0 Å². The molecule has 10 nitrogen and oxygen atoms in total. The molecule has 5 rings (SSSR count). The van der Waals surface area contributed by atoms with Crippen molar-refractivity contribution in [1.29, 1.82) is 0 Å². The predicted molar refractivity (Wildman–Crippen MR) is 130 cm³/mol. The van der Waals surface area contributed by atoms with Gasteiger partial charge in [0.25, 0.3) is 6.43 Å². The summed E-state index contributed by atoms with van der Waals surface area (Å²) in [5.41, 5.74) is -0.109. The van der Waals surface area contributed by atoms with Crippen LogP contribution in [0.15, 0.2) is 18.3 Å². The Morgan fingerprint density at radius 1 is 1.26 bits per heavy atom. The number of anilines is 1. The lowest BCUT2D eigenvalue weighted by Crippen LogP contribution is -2.50. The van der Waals surface area contributed by atoms with Gasteiger partial charge in [-0.15, -0.1) is 5.10 Å². The average molecular weight is 553 g/mol. The molecule has 2 atom stereocenters. The highest BCUT2D eigenvalue weighted by molar-refractivity contribution is 5.90. The zero-order chi connectivity index (χ0) is 28.0. The van der Waals surface area contributed by atoms with E-state index in [1.165, 1.54) is 25.0 Å². The van der Waals surface area contributed by atoms with Gasteiger partial charge in [-0.1, -0.05) is 0 Å². The number of aryl methyl sites for hydroxylation is 1. The third kappa shape index (κ3) is 4.82. The summed E-state index contributed by atoms with van der Waals surface area (Å²) in [6.07, 6.45) is -3.00. The molecule has 208 valence electrons. The van der Waals surface area contributed by atoms with Gasteiger partial charge in [0, 0.05) is 6.54 Å². The number of halogens is 5. The van der Waals surface area contributed by atoms with Crippen molar-refractivity contribution in [1.82, 2.24) is 29.0 Å². The zero-order valence-electron chi connectivity index (χ0n) is 20.8. The van der Waals surface area contributed by atoms with Gasteiger partial charge in [0.2, 0.25) is 17.7 Å². The third-order valence-corrected chi connectivity index (χ3v) is 6.70. The topological polar surface area (TPSA) is 110 Å². The summed E-state index contributed by atoms with van der Waals surface area (Å²) in [7, 11) is 1.28. The first-order valence-corrected chi connectivity index (χ1v) is 12.0. The van der Waals surface area contributed by atoms with E-state index in [2.05, 4.69) is 20.4 Å². The molecule has 0 spiro atoms. The van der Waals surface area contributed by atoms with Crippen LogP contribution in [0.4, 0.5) is 27.9 Å². The summed E-state index contributed by atoms with van der Waals surface area (Å²) in [6.45, 7) is 0.0173. The third-order valence-electron chi connectivity index (χ3n) is 6.70. The van der Waals surface area contributed by atoms with Crippen molar-refractivity contribution in [3.8, 4) is 17.0 Å². The van der Waals surface area contributed by atoms with Gasteiger partial charge in [-0.3, -0.25) is 4.79 Å². The van der Waals surface area contributed by atoms with E-state index in [1.807, 2.05) is 0 Å². The number of benzene rings is 1. The molecule has 4 aromatic rings. The SMILES string of the molecule is COc1nc(N[C@H]2CCN(C(=O)CO)C[C@H]2F)nn2cc(F)c(-c3cc(F)c4nc(C)n(CC(F)F)c4c3)c12. The van der Waals surface area contributed by atoms with E-state index in [0.29, 0.717) is 0 Å². The van der Waals surface area contributed by atoms with E-state index >= 15 is 8.78 Å². The lowest BCUT2D eigenvalue weighted by molar-refractivity contribution is -0.136. The van der Waals surface area contributed by atoms with Gasteiger partial charge in [-0.05, 0) is 31.0 Å². The molecule has 39 heavy (non-hydrogen) atoms. The van der Waals surface area contributed by atoms with Gasteiger partial charge in [0.15, 0.2) is 11.6 Å². The number of aromatic nitrogens is 5. The molecule has 0 radical (unpaired) electrons. The average Bonchev–Trinajstić information content (AvgIpc) is 3.39. The van der Waals surface area contributed by atoms with E-state index < -0.39 is 49.3 Å². The fraction of sp³-hybridized carbons (Fsp3) is 0.417. The Bertz CT molecular complexity index is 1560. The quantitative estimate of drug-likeness (QED) is 0.339. The Balaban J connectivity index is 1.53. The van der Waals surface area contributed by atoms with Crippen molar-refractivity contribution >= 4 is 28.4 Å². The van der Waals surface area contributed by atoms with Crippen molar-refractivity contribution < 1.29 is 36.6 Å². The number of carbonyl (C=O) groups excluding carboxylic acids is 1. The Morgan fingerprint density at radius 2 is 2.03 bits per heavy atom. The highest BCUT2D eigenvalue weighted by Gasteiger charge is 2.32. The molecule has 3 aromatic heterocycles. The molecule has 1 aliphatic rings. The number of nitrogens with zero attached hydrogens (tertiary/aromatic N) is 6. The van der Waals surface area contributed by atoms with Crippen LogP contribution in [0.5, 0.6) is 5.88 Å². The molecule has 0 aliphatic carbocycles. The molecule has 1 aromatic carbocycles. The molecular weight excluding hydrogens is 529 g/mol. The molecule has 2 N–H and O–H groups in total. The van der Waals surface area contributed by atoms with E-state index in [-0.39, 0.29) is 64.8 Å². The van der Waals surface area contributed by atoms with Crippen LogP contribution in [-0.4, -0.2) is 85.5 Å². The molecule has 15 heteroatoms. The maximum Gasteiger partial charge on any atom is 0.256 e. The smallest absolute Gasteiger partial charge is 0.256 e. The molecular formula is C24H24F5N7O3. The standard InChI is InChI=1S/C24H24F5N7O3/c1-11-30-21-13(25)5-12(6-17(21)35(11)9-18(28)29)20-15(27)8-36-22(20)23(39-2)32-24(33-36)31-16-3-4-34(7-14(16)26)19(38)10-37/h5-6,8,14,16,18,37H,3-4,7,9-10H2,1-2H3,(H,31,33)/t14-,16+/m1/s1. The number of aliphatic hydroxyl groups is 1. The number of alkyl halides is 3. The monoisotopic (exact) mass is 553 g/mol. The first kappa shape index (κ1) is 26.6. The van der Waals surface area contributed by atoms with Crippen molar-refractivity contribution in [2.75, 3.05) is 32.1 Å². The largest absolute Gasteiger partial charge is 0.479 e. The lowest BCUT2D eigenvalue weighted by atomic mass is 10.0. The minimum absolute atomic E-state index is 0.0303. The zero-order valence-corrected chi connectivity index (χ0v) is 20.8. The predicted octanol–water partition coefficient (Wildman–Crippen LogP) is 2.95. The van der Waals surface area contributed by atoms with Crippen LogP contribution in [0.1, 0.15) is 12.2 Å². The Morgan fingerprint density at radius 3 is 2.69 bits per heavy atom. The summed E-state index contributed by atoms with van der Waals surface area (Å²) >= 11 is 0. The van der Waals surface area contributed by atoms with E-state index in [4.69, 9.17) is 9.84 Å². The van der Waals surface area contributed by atoms with Crippen LogP contribution in [-0.2, 0) is 11.3 Å². The first-order valence-electron chi connectivity index (χ1n) is 12.0. The number of nitrogens with one attached hydrogen (secondary N) is 1. The number of hydrogen-bond acceptors (Lipinski definition) is 7. The molecule has 0 bridgehead atoms. The Kier molecular flexibility index (Phi) is 7.01. The fourth-order valence-electron chi connectivity index (χ4n) is 4.87. The summed E-state index contributed by atoms with van der Waals surface area (Å²) in [5.74, 6) is -2.22. The van der Waals surface area contributed by atoms with Crippen molar-refractivity contribution in [3.05, 3.63) is 35.8 Å². The van der Waals surface area contributed by atoms with Gasteiger partial charge in [0.1, 0.15) is 29.6 Å². The van der Waals surface area contributed by atoms with Crippen LogP contribution in [0.25, 0.3) is 27.7 Å². The molecule has 4 heterocycles. The Labute approximate surface area is 218 Å². The van der Waals surface area contributed by atoms with Crippen molar-refractivity contribution in [2.24, 2.45) is 0 Å². The Hall–Kier alpha value is -4.01. The number of amides is 1. The van der Waals surface area contributed by atoms with E-state index in [9.17, 15) is 18.0 Å². The minimum Gasteiger partial charge on any atom is -0.479 e. The number of piperidine rings is 1. The molecule has 1 amide bonds. The maximum atomic E-state index is 15.3. The summed E-state index contributed by atoms with van der Waals surface area (Å²) in [4.78, 5) is 21.1. The highest BCUT2D eigenvalue weighted by Crippen LogP contribution is 2.37. The van der Waals surface area contributed by atoms with Crippen molar-refractivity contribution in [3.63, 3.8) is 0 Å². The number of ether oxygens (including phenoxy) is 1. The van der Waals surface area contributed by atoms with Crippen LogP contribution < -0.4 is 10.1 Å². The van der Waals surface area contributed by atoms with Gasteiger partial charge in [-0.25, -0.2) is 31.5 Å². The maximum absolute atomic E-state index is 15.3. The second-order valence-corrected chi connectivity index (χ2v) is 9.13. The lowest BCUT2D eigenvalue weighted by Gasteiger charge is -2.34. The normalized spacial score (nSPS) is 17.9. The van der Waals surface area contributed by atoms with Crippen LogP contribution in [0.2, 0.25) is 0 Å². The van der Waals surface area contributed by atoms with Gasteiger partial charge < -0.3 is 24.6 Å². The fourth-order valence-corrected chi connectivity index (χ4v) is 4.87. The molecule has 1 fully saturated rings. The number of methoxy groups -OCH3 is 1. The van der Waals surface area contributed by atoms with Gasteiger partial charge in [0.05, 0.1) is 43.5 Å². The number of rotatable bonds is 7. The number of aliphatic hydroxyl groups excluding tert-OH is 1. The van der Waals surface area contributed by atoms with Crippen molar-refractivity contribution in [2.45, 2.75) is 38.5 Å².